The molecule has 0 spiro atoms. The van der Waals surface area contributed by atoms with Crippen molar-refractivity contribution in [1.82, 2.24) is 20.0 Å². The zero-order valence-corrected chi connectivity index (χ0v) is 13.8. The van der Waals surface area contributed by atoms with Gasteiger partial charge in [0.1, 0.15) is 0 Å². The van der Waals surface area contributed by atoms with E-state index in [-0.39, 0.29) is 5.91 Å². The van der Waals surface area contributed by atoms with Crippen LogP contribution in [-0.2, 0) is 11.2 Å². The fourth-order valence-electron chi connectivity index (χ4n) is 3.18. The average molecular weight is 292 g/mol. The number of nitrogens with zero attached hydrogens (tertiary/aromatic N) is 3. The number of hydrogen-bond acceptors (Lipinski definition) is 3. The first-order chi connectivity index (χ1) is 9.99. The number of aromatic amines is 1. The molecule has 0 bridgehead atoms. The number of aryl methyl sites for hydroxylation is 2. The van der Waals surface area contributed by atoms with E-state index in [4.69, 9.17) is 0 Å². The maximum absolute atomic E-state index is 12.4. The second kappa shape index (κ2) is 7.07. The Hall–Kier alpha value is -1.36. The fourth-order valence-corrected chi connectivity index (χ4v) is 3.18. The van der Waals surface area contributed by atoms with Gasteiger partial charge in [0.2, 0.25) is 5.91 Å². The van der Waals surface area contributed by atoms with Gasteiger partial charge in [-0.15, -0.1) is 0 Å². The van der Waals surface area contributed by atoms with Gasteiger partial charge < -0.3 is 9.80 Å². The van der Waals surface area contributed by atoms with Crippen molar-refractivity contribution in [2.24, 2.45) is 0 Å². The van der Waals surface area contributed by atoms with Crippen LogP contribution < -0.4 is 0 Å². The minimum atomic E-state index is 0.286. The van der Waals surface area contributed by atoms with E-state index in [0.717, 1.165) is 43.7 Å². The summed E-state index contributed by atoms with van der Waals surface area (Å²) in [5.41, 5.74) is 3.30. The minimum Gasteiger partial charge on any atom is -0.343 e. The molecule has 1 aromatic heterocycles. The number of carbonyl (C=O) groups is 1. The summed E-state index contributed by atoms with van der Waals surface area (Å²) in [5, 5.41) is 7.18. The monoisotopic (exact) mass is 292 g/mol. The van der Waals surface area contributed by atoms with Crippen LogP contribution in [0, 0.1) is 13.8 Å². The van der Waals surface area contributed by atoms with Gasteiger partial charge in [0, 0.05) is 31.2 Å². The summed E-state index contributed by atoms with van der Waals surface area (Å²) in [6.45, 7) is 5.82. The Labute approximate surface area is 127 Å². The van der Waals surface area contributed by atoms with Crippen molar-refractivity contribution in [3.8, 4) is 0 Å². The normalized spacial score (nSPS) is 19.9. The Morgan fingerprint density at radius 3 is 2.71 bits per heavy atom. The topological polar surface area (TPSA) is 52.2 Å². The summed E-state index contributed by atoms with van der Waals surface area (Å²) >= 11 is 0. The molecule has 2 heterocycles. The quantitative estimate of drug-likeness (QED) is 0.922. The van der Waals surface area contributed by atoms with Gasteiger partial charge in [0.15, 0.2) is 0 Å². The lowest BCUT2D eigenvalue weighted by Crippen LogP contribution is -2.34. The van der Waals surface area contributed by atoms with Crippen LogP contribution in [0.2, 0.25) is 0 Å². The molecule has 0 radical (unpaired) electrons. The predicted molar refractivity (Wildman–Crippen MR) is 84.3 cm³/mol. The molecule has 0 aliphatic carbocycles. The highest BCUT2D eigenvalue weighted by molar-refractivity contribution is 5.76. The fraction of sp³-hybridized carbons (Fsp3) is 0.750. The van der Waals surface area contributed by atoms with Gasteiger partial charge in [-0.25, -0.2) is 0 Å². The molecule has 1 aromatic rings. The summed E-state index contributed by atoms with van der Waals surface area (Å²) in [5.74, 6) is 0.286. The number of hydrogen-bond donors (Lipinski definition) is 1. The number of likely N-dealkylation sites (tertiary alicyclic amines) is 1. The van der Waals surface area contributed by atoms with Crippen LogP contribution in [0.15, 0.2) is 0 Å². The van der Waals surface area contributed by atoms with E-state index in [9.17, 15) is 4.79 Å². The van der Waals surface area contributed by atoms with Crippen LogP contribution in [-0.4, -0.2) is 59.1 Å². The van der Waals surface area contributed by atoms with Crippen LogP contribution in [0.25, 0.3) is 0 Å². The molecule has 0 aromatic carbocycles. The third-order valence-electron chi connectivity index (χ3n) is 4.65. The van der Waals surface area contributed by atoms with E-state index in [1.54, 1.807) is 0 Å². The molecule has 1 fully saturated rings. The van der Waals surface area contributed by atoms with Crippen LogP contribution >= 0.6 is 0 Å². The van der Waals surface area contributed by atoms with Gasteiger partial charge in [0.05, 0.1) is 5.69 Å². The third-order valence-corrected chi connectivity index (χ3v) is 4.65. The Bertz CT molecular complexity index is 461. The first-order valence-corrected chi connectivity index (χ1v) is 7.93. The zero-order chi connectivity index (χ0) is 15.4. The summed E-state index contributed by atoms with van der Waals surface area (Å²) < 4.78 is 0. The van der Waals surface area contributed by atoms with E-state index in [1.165, 1.54) is 12.0 Å². The molecule has 5 heteroatoms. The molecular formula is C16H28N4O. The minimum absolute atomic E-state index is 0.286. The van der Waals surface area contributed by atoms with Gasteiger partial charge in [-0.1, -0.05) is 0 Å². The molecule has 1 aliphatic rings. The highest BCUT2D eigenvalue weighted by atomic mass is 16.2. The van der Waals surface area contributed by atoms with Crippen LogP contribution in [0.4, 0.5) is 0 Å². The largest absolute Gasteiger partial charge is 0.343 e. The second-order valence-electron chi connectivity index (χ2n) is 6.34. The number of aromatic nitrogens is 2. The molecule has 1 saturated heterocycles. The number of nitrogens with one attached hydrogen (secondary N) is 1. The molecule has 1 unspecified atom stereocenters. The van der Waals surface area contributed by atoms with Gasteiger partial charge in [-0.2, -0.15) is 5.10 Å². The highest BCUT2D eigenvalue weighted by Crippen LogP contribution is 2.17. The molecular weight excluding hydrogens is 264 g/mol. The average Bonchev–Trinajstić information content (AvgIpc) is 2.68. The Morgan fingerprint density at radius 1 is 1.33 bits per heavy atom. The smallest absolute Gasteiger partial charge is 0.222 e. The van der Waals surface area contributed by atoms with Crippen molar-refractivity contribution in [1.29, 1.82) is 0 Å². The first kappa shape index (κ1) is 16.0. The summed E-state index contributed by atoms with van der Waals surface area (Å²) in [7, 11) is 4.26. The van der Waals surface area contributed by atoms with Gasteiger partial charge in [0.25, 0.3) is 0 Å². The summed E-state index contributed by atoms with van der Waals surface area (Å²) in [4.78, 5) is 16.8. The molecule has 1 aliphatic heterocycles. The number of H-pyrrole nitrogens is 1. The molecule has 1 N–H and O–H groups in total. The second-order valence-corrected chi connectivity index (χ2v) is 6.34. The zero-order valence-electron chi connectivity index (χ0n) is 13.8. The lowest BCUT2D eigenvalue weighted by atomic mass is 10.1. The Morgan fingerprint density at radius 2 is 2.10 bits per heavy atom. The maximum Gasteiger partial charge on any atom is 0.222 e. The highest BCUT2D eigenvalue weighted by Gasteiger charge is 2.21. The Balaban J connectivity index is 1.86. The molecule has 1 amide bonds. The van der Waals surface area contributed by atoms with Crippen molar-refractivity contribution < 1.29 is 4.79 Å². The van der Waals surface area contributed by atoms with E-state index >= 15 is 0 Å². The number of rotatable bonds is 4. The number of amides is 1. The predicted octanol–water partition coefficient (Wildman–Crippen LogP) is 1.90. The lowest BCUT2D eigenvalue weighted by Gasteiger charge is -2.23. The van der Waals surface area contributed by atoms with Crippen LogP contribution in [0.5, 0.6) is 0 Å². The van der Waals surface area contributed by atoms with Crippen LogP contribution in [0.1, 0.15) is 42.6 Å². The molecule has 118 valence electrons. The summed E-state index contributed by atoms with van der Waals surface area (Å²) in [6.07, 6.45) is 4.77. The van der Waals surface area contributed by atoms with Crippen molar-refractivity contribution in [3.05, 3.63) is 17.0 Å². The number of carbonyl (C=O) groups excluding carboxylic acids is 1. The molecule has 2 rings (SSSR count). The lowest BCUT2D eigenvalue weighted by molar-refractivity contribution is -0.131. The van der Waals surface area contributed by atoms with Crippen molar-refractivity contribution in [2.75, 3.05) is 27.2 Å². The van der Waals surface area contributed by atoms with E-state index in [2.05, 4.69) is 29.2 Å². The van der Waals surface area contributed by atoms with Gasteiger partial charge >= 0.3 is 0 Å². The van der Waals surface area contributed by atoms with Crippen molar-refractivity contribution in [2.45, 2.75) is 52.0 Å². The van der Waals surface area contributed by atoms with E-state index in [0.29, 0.717) is 12.5 Å². The summed E-state index contributed by atoms with van der Waals surface area (Å²) in [6, 6.07) is 0.612. The van der Waals surface area contributed by atoms with Crippen molar-refractivity contribution in [3.63, 3.8) is 0 Å². The van der Waals surface area contributed by atoms with E-state index < -0.39 is 0 Å². The molecule has 5 nitrogen and oxygen atoms in total. The third kappa shape index (κ3) is 4.06. The first-order valence-electron chi connectivity index (χ1n) is 7.93. The van der Waals surface area contributed by atoms with Gasteiger partial charge in [-0.05, 0) is 59.2 Å². The maximum atomic E-state index is 12.4. The molecule has 0 saturated carbocycles. The van der Waals surface area contributed by atoms with E-state index in [1.807, 2.05) is 18.7 Å². The standard InChI is InChI=1S/C16H28N4O/c1-12-15(13(2)18-17-12)7-8-16(21)20-10-5-6-14(9-11-20)19(3)4/h14H,5-11H2,1-4H3,(H,17,18). The molecule has 21 heavy (non-hydrogen) atoms. The van der Waals surface area contributed by atoms with Gasteiger partial charge in [-0.3, -0.25) is 9.89 Å². The molecule has 1 atom stereocenters. The van der Waals surface area contributed by atoms with Crippen LogP contribution in [0.3, 0.4) is 0 Å². The Kier molecular flexibility index (Phi) is 5.39. The SMILES string of the molecule is Cc1n[nH]c(C)c1CCC(=O)N1CCCC(N(C)C)CC1. The van der Waals surface area contributed by atoms with Crippen molar-refractivity contribution >= 4 is 5.91 Å².